The third-order valence-corrected chi connectivity index (χ3v) is 4.01. The molecular formula is C7H12F3NO2S. The number of nitrogens with two attached hydrogens (primary N) is 1. The number of hydrogen-bond acceptors (Lipinski definition) is 3. The van der Waals surface area contributed by atoms with Gasteiger partial charge in [-0.2, -0.15) is 13.2 Å². The van der Waals surface area contributed by atoms with Crippen LogP contribution in [0, 0.1) is 5.92 Å². The minimum Gasteiger partial charge on any atom is -0.328 e. The van der Waals surface area contributed by atoms with Crippen molar-refractivity contribution in [3.63, 3.8) is 0 Å². The van der Waals surface area contributed by atoms with E-state index < -0.39 is 27.0 Å². The van der Waals surface area contributed by atoms with Gasteiger partial charge in [0.1, 0.15) is 0 Å². The second-order valence-electron chi connectivity index (χ2n) is 3.67. The molecule has 3 nitrogen and oxygen atoms in total. The van der Waals surface area contributed by atoms with Gasteiger partial charge in [-0.25, -0.2) is 8.42 Å². The van der Waals surface area contributed by atoms with Crippen molar-refractivity contribution in [3.8, 4) is 0 Å². The van der Waals surface area contributed by atoms with Crippen molar-refractivity contribution in [3.05, 3.63) is 0 Å². The standard InChI is InChI=1S/C7H12F3NO2S/c8-7(9,10)14(12,13)4-5-1-2-6(11)3-5/h5-6H,1-4,11H2/t5-,6+/m0/s1. The lowest BCUT2D eigenvalue weighted by Gasteiger charge is -2.12. The van der Waals surface area contributed by atoms with Gasteiger partial charge in [0, 0.05) is 6.04 Å². The van der Waals surface area contributed by atoms with Gasteiger partial charge in [0.15, 0.2) is 0 Å². The van der Waals surface area contributed by atoms with E-state index in [1.807, 2.05) is 0 Å². The lowest BCUT2D eigenvalue weighted by atomic mass is 10.1. The summed E-state index contributed by atoms with van der Waals surface area (Å²) < 4.78 is 57.4. The van der Waals surface area contributed by atoms with Gasteiger partial charge in [-0.15, -0.1) is 0 Å². The van der Waals surface area contributed by atoms with Gasteiger partial charge in [0.2, 0.25) is 9.84 Å². The van der Waals surface area contributed by atoms with Crippen molar-refractivity contribution in [2.75, 3.05) is 5.75 Å². The molecule has 84 valence electrons. The molecule has 7 heteroatoms. The van der Waals surface area contributed by atoms with E-state index in [2.05, 4.69) is 0 Å². The summed E-state index contributed by atoms with van der Waals surface area (Å²) in [4.78, 5) is 0. The minimum atomic E-state index is -5.13. The van der Waals surface area contributed by atoms with Crippen LogP contribution in [0.4, 0.5) is 13.2 Å². The molecule has 0 spiro atoms. The topological polar surface area (TPSA) is 60.2 Å². The van der Waals surface area contributed by atoms with Crippen LogP contribution in [0.1, 0.15) is 19.3 Å². The first-order valence-electron chi connectivity index (χ1n) is 4.27. The number of hydrogen-bond donors (Lipinski definition) is 1. The van der Waals surface area contributed by atoms with Gasteiger partial charge in [-0.3, -0.25) is 0 Å². The second kappa shape index (κ2) is 3.69. The van der Waals surface area contributed by atoms with Crippen LogP contribution < -0.4 is 5.73 Å². The van der Waals surface area contributed by atoms with Crippen LogP contribution in [-0.4, -0.2) is 25.7 Å². The summed E-state index contributed by atoms with van der Waals surface area (Å²) in [5.74, 6) is -1.25. The predicted molar refractivity (Wildman–Crippen MR) is 45.2 cm³/mol. The SMILES string of the molecule is N[C@@H]1CC[C@H](CS(=O)(=O)C(F)(F)F)C1. The zero-order valence-corrected chi connectivity index (χ0v) is 8.24. The van der Waals surface area contributed by atoms with E-state index in [1.54, 1.807) is 0 Å². The van der Waals surface area contributed by atoms with Crippen molar-refractivity contribution in [1.82, 2.24) is 0 Å². The van der Waals surface area contributed by atoms with Crippen molar-refractivity contribution in [2.24, 2.45) is 11.7 Å². The number of alkyl halides is 3. The van der Waals surface area contributed by atoms with Crippen LogP contribution in [-0.2, 0) is 9.84 Å². The first kappa shape index (κ1) is 11.8. The van der Waals surface area contributed by atoms with Crippen LogP contribution >= 0.6 is 0 Å². The molecule has 1 aliphatic rings. The maximum absolute atomic E-state index is 12.0. The number of rotatable bonds is 2. The smallest absolute Gasteiger partial charge is 0.328 e. The zero-order valence-electron chi connectivity index (χ0n) is 7.42. The molecule has 0 bridgehead atoms. The monoisotopic (exact) mass is 231 g/mol. The van der Waals surface area contributed by atoms with Gasteiger partial charge in [0.25, 0.3) is 0 Å². The van der Waals surface area contributed by atoms with Gasteiger partial charge in [-0.05, 0) is 25.2 Å². The molecule has 0 saturated heterocycles. The van der Waals surface area contributed by atoms with Crippen molar-refractivity contribution < 1.29 is 21.6 Å². The van der Waals surface area contributed by atoms with Crippen molar-refractivity contribution in [2.45, 2.75) is 30.8 Å². The molecular weight excluding hydrogens is 219 g/mol. The largest absolute Gasteiger partial charge is 0.497 e. The summed E-state index contributed by atoms with van der Waals surface area (Å²) in [6.45, 7) is 0. The highest BCUT2D eigenvalue weighted by Gasteiger charge is 2.46. The fourth-order valence-corrected chi connectivity index (χ4v) is 2.78. The summed E-state index contributed by atoms with van der Waals surface area (Å²) in [7, 11) is -4.96. The average molecular weight is 231 g/mol. The van der Waals surface area contributed by atoms with Crippen molar-refractivity contribution in [1.29, 1.82) is 0 Å². The fraction of sp³-hybridized carbons (Fsp3) is 1.00. The molecule has 0 aliphatic heterocycles. The Bertz CT molecular complexity index is 299. The molecule has 0 aromatic carbocycles. The summed E-state index contributed by atoms with van der Waals surface area (Å²) in [6, 6.07) is -0.150. The molecule has 0 aromatic rings. The molecule has 1 fully saturated rings. The highest BCUT2D eigenvalue weighted by atomic mass is 32.2. The molecule has 2 atom stereocenters. The van der Waals surface area contributed by atoms with Crippen LogP contribution in [0.25, 0.3) is 0 Å². The second-order valence-corrected chi connectivity index (χ2v) is 5.69. The van der Waals surface area contributed by atoms with Crippen LogP contribution in [0.2, 0.25) is 0 Å². The number of sulfone groups is 1. The van der Waals surface area contributed by atoms with Crippen LogP contribution in [0.15, 0.2) is 0 Å². The van der Waals surface area contributed by atoms with E-state index in [4.69, 9.17) is 5.73 Å². The van der Waals surface area contributed by atoms with Gasteiger partial charge >= 0.3 is 5.51 Å². The van der Waals surface area contributed by atoms with E-state index >= 15 is 0 Å². The molecule has 0 unspecified atom stereocenters. The van der Waals surface area contributed by atoms with Gasteiger partial charge in [-0.1, -0.05) is 0 Å². The predicted octanol–water partition coefficient (Wildman–Crippen LogP) is 1.05. The number of halogens is 3. The first-order chi connectivity index (χ1) is 6.22. The van der Waals surface area contributed by atoms with Crippen LogP contribution in [0.5, 0.6) is 0 Å². The lowest BCUT2D eigenvalue weighted by molar-refractivity contribution is -0.0438. The van der Waals surface area contributed by atoms with Crippen LogP contribution in [0.3, 0.4) is 0 Å². The Morgan fingerprint density at radius 2 is 1.86 bits per heavy atom. The Labute approximate surface area is 80.4 Å². The summed E-state index contributed by atoms with van der Waals surface area (Å²) in [5, 5.41) is 0. The summed E-state index contributed by atoms with van der Waals surface area (Å²) >= 11 is 0. The zero-order chi connectivity index (χ0) is 11.0. The third-order valence-electron chi connectivity index (χ3n) is 2.39. The normalized spacial score (nSPS) is 29.4. The van der Waals surface area contributed by atoms with Crippen molar-refractivity contribution >= 4 is 9.84 Å². The molecule has 0 radical (unpaired) electrons. The Kier molecular flexibility index (Phi) is 3.10. The molecule has 14 heavy (non-hydrogen) atoms. The van der Waals surface area contributed by atoms with E-state index in [0.29, 0.717) is 19.3 Å². The quantitative estimate of drug-likeness (QED) is 0.772. The maximum Gasteiger partial charge on any atom is 0.497 e. The van der Waals surface area contributed by atoms with E-state index in [1.165, 1.54) is 0 Å². The van der Waals surface area contributed by atoms with Gasteiger partial charge < -0.3 is 5.73 Å². The summed E-state index contributed by atoms with van der Waals surface area (Å²) in [6.07, 6.45) is 1.45. The molecule has 0 amide bonds. The Hall–Kier alpha value is -0.300. The Balaban J connectivity index is 2.61. The average Bonchev–Trinajstić information content (AvgIpc) is 2.31. The first-order valence-corrected chi connectivity index (χ1v) is 5.92. The highest BCUT2D eigenvalue weighted by Crippen LogP contribution is 2.31. The summed E-state index contributed by atoms with van der Waals surface area (Å²) in [5.41, 5.74) is 0.352. The molecule has 1 aliphatic carbocycles. The molecule has 2 N–H and O–H groups in total. The maximum atomic E-state index is 12.0. The lowest BCUT2D eigenvalue weighted by Crippen LogP contribution is -2.29. The fourth-order valence-electron chi connectivity index (χ4n) is 1.67. The molecule has 1 saturated carbocycles. The van der Waals surface area contributed by atoms with E-state index in [-0.39, 0.29) is 6.04 Å². The Morgan fingerprint density at radius 3 is 2.21 bits per heavy atom. The Morgan fingerprint density at radius 1 is 1.29 bits per heavy atom. The third kappa shape index (κ3) is 2.60. The van der Waals surface area contributed by atoms with E-state index in [0.717, 1.165) is 0 Å². The van der Waals surface area contributed by atoms with E-state index in [9.17, 15) is 21.6 Å². The molecule has 0 aromatic heterocycles. The molecule has 1 rings (SSSR count). The van der Waals surface area contributed by atoms with Gasteiger partial charge in [0.05, 0.1) is 5.75 Å². The minimum absolute atomic E-state index is 0.150. The molecule has 0 heterocycles. The highest BCUT2D eigenvalue weighted by molar-refractivity contribution is 7.92.